The molecule has 3 N–H and O–H groups in total. The van der Waals surface area contributed by atoms with Gasteiger partial charge in [0.1, 0.15) is 5.69 Å². The van der Waals surface area contributed by atoms with Crippen molar-refractivity contribution in [2.24, 2.45) is 16.2 Å². The zero-order valence-electron chi connectivity index (χ0n) is 10.4. The van der Waals surface area contributed by atoms with Crippen LogP contribution in [0.3, 0.4) is 0 Å². The smallest absolute Gasteiger partial charge is 0.272 e. The highest BCUT2D eigenvalue weighted by Crippen LogP contribution is 2.27. The van der Waals surface area contributed by atoms with Gasteiger partial charge in [-0.3, -0.25) is 15.5 Å². The molecule has 0 saturated carbocycles. The number of primary sulfonamides is 1. The summed E-state index contributed by atoms with van der Waals surface area (Å²) in [5, 5.41) is 19.6. The van der Waals surface area contributed by atoms with Crippen molar-refractivity contribution < 1.29 is 13.3 Å². The van der Waals surface area contributed by atoms with Crippen molar-refractivity contribution in [2.75, 3.05) is 5.43 Å². The topological polar surface area (TPSA) is 128 Å². The first kappa shape index (κ1) is 15.1. The molecule has 0 spiro atoms. The zero-order valence-corrected chi connectivity index (χ0v) is 11.2. The lowest BCUT2D eigenvalue weighted by Gasteiger charge is -2.04. The van der Waals surface area contributed by atoms with Gasteiger partial charge in [-0.25, -0.2) is 13.6 Å². The van der Waals surface area contributed by atoms with Crippen molar-refractivity contribution in [3.8, 4) is 0 Å². The van der Waals surface area contributed by atoms with Crippen LogP contribution in [0.2, 0.25) is 0 Å². The van der Waals surface area contributed by atoms with E-state index in [-0.39, 0.29) is 16.5 Å². The van der Waals surface area contributed by atoms with Gasteiger partial charge < -0.3 is 0 Å². The average Bonchev–Trinajstić information content (AvgIpc) is 2.27. The van der Waals surface area contributed by atoms with Gasteiger partial charge in [-0.2, -0.15) is 5.10 Å². The van der Waals surface area contributed by atoms with Gasteiger partial charge in [-0.15, -0.1) is 0 Å². The van der Waals surface area contributed by atoms with E-state index in [4.69, 9.17) is 5.14 Å². The molecule has 0 saturated heterocycles. The number of nitrogens with zero attached hydrogens (tertiary/aromatic N) is 2. The molecule has 1 aromatic rings. The number of hydrogen-bond acceptors (Lipinski definition) is 6. The lowest BCUT2D eigenvalue weighted by molar-refractivity contribution is -0.384. The molecule has 0 fully saturated rings. The van der Waals surface area contributed by atoms with Crippen LogP contribution < -0.4 is 10.6 Å². The normalized spacial score (nSPS) is 12.0. The fraction of sp³-hybridized carbons (Fsp3) is 0.300. The number of sulfonamides is 1. The second-order valence-electron chi connectivity index (χ2n) is 4.12. The molecule has 104 valence electrons. The van der Waals surface area contributed by atoms with Crippen LogP contribution in [0.1, 0.15) is 13.8 Å². The van der Waals surface area contributed by atoms with E-state index >= 15 is 0 Å². The lowest BCUT2D eigenvalue weighted by atomic mass is 10.2. The summed E-state index contributed by atoms with van der Waals surface area (Å²) in [5.74, 6) is 0.176. The zero-order chi connectivity index (χ0) is 14.6. The SMILES string of the molecule is CC(C)/C=N\Nc1ccc(S(N)(=O)=O)cc1[N+](=O)[O-]. The highest BCUT2D eigenvalue weighted by atomic mass is 32.2. The van der Waals surface area contributed by atoms with E-state index in [1.807, 2.05) is 13.8 Å². The number of hydrogen-bond donors (Lipinski definition) is 2. The third-order valence-electron chi connectivity index (χ3n) is 2.05. The van der Waals surface area contributed by atoms with Crippen molar-refractivity contribution in [3.63, 3.8) is 0 Å². The van der Waals surface area contributed by atoms with Crippen LogP contribution in [-0.4, -0.2) is 19.6 Å². The maximum Gasteiger partial charge on any atom is 0.295 e. The van der Waals surface area contributed by atoms with Crippen molar-refractivity contribution in [1.29, 1.82) is 0 Å². The minimum Gasteiger partial charge on any atom is -0.272 e. The summed E-state index contributed by atoms with van der Waals surface area (Å²) in [6.07, 6.45) is 1.57. The van der Waals surface area contributed by atoms with Gasteiger partial charge in [0.05, 0.1) is 9.82 Å². The first-order chi connectivity index (χ1) is 8.71. The van der Waals surface area contributed by atoms with Crippen LogP contribution in [0.25, 0.3) is 0 Å². The van der Waals surface area contributed by atoms with E-state index < -0.39 is 20.6 Å². The maximum absolute atomic E-state index is 11.1. The average molecular weight is 286 g/mol. The molecular weight excluding hydrogens is 272 g/mol. The molecule has 9 heteroatoms. The number of benzene rings is 1. The summed E-state index contributed by atoms with van der Waals surface area (Å²) in [4.78, 5) is 9.85. The molecule has 0 aliphatic heterocycles. The Kier molecular flexibility index (Phi) is 4.57. The van der Waals surface area contributed by atoms with E-state index in [2.05, 4.69) is 10.5 Å². The molecule has 0 bridgehead atoms. The Hall–Kier alpha value is -2.00. The summed E-state index contributed by atoms with van der Waals surface area (Å²) in [6, 6.07) is 3.31. The standard InChI is InChI=1S/C10H14N4O4S/c1-7(2)6-12-13-9-4-3-8(19(11,17)18)5-10(9)14(15)16/h3-7,13H,1-2H3,(H2,11,17,18)/b12-6-. The van der Waals surface area contributed by atoms with E-state index in [1.165, 1.54) is 12.1 Å². The van der Waals surface area contributed by atoms with E-state index in [9.17, 15) is 18.5 Å². The number of nitro benzene ring substituents is 1. The van der Waals surface area contributed by atoms with Crippen LogP contribution >= 0.6 is 0 Å². The summed E-state index contributed by atoms with van der Waals surface area (Å²) in [6.45, 7) is 3.79. The summed E-state index contributed by atoms with van der Waals surface area (Å²) in [7, 11) is -3.98. The van der Waals surface area contributed by atoms with Crippen molar-refractivity contribution in [2.45, 2.75) is 18.7 Å². The molecule has 0 heterocycles. The molecule has 8 nitrogen and oxygen atoms in total. The third-order valence-corrected chi connectivity index (χ3v) is 2.96. The molecule has 0 unspecified atom stereocenters. The quantitative estimate of drug-likeness (QED) is 0.479. The Bertz CT molecular complexity index is 610. The molecule has 0 amide bonds. The minimum atomic E-state index is -3.98. The Balaban J connectivity index is 3.16. The molecule has 1 aromatic carbocycles. The largest absolute Gasteiger partial charge is 0.295 e. The molecule has 1 rings (SSSR count). The Labute approximate surface area is 110 Å². The first-order valence-electron chi connectivity index (χ1n) is 5.32. The molecule has 0 aliphatic carbocycles. The molecule has 0 aromatic heterocycles. The van der Waals surface area contributed by atoms with Crippen LogP contribution in [0, 0.1) is 16.0 Å². The van der Waals surface area contributed by atoms with Gasteiger partial charge in [0.25, 0.3) is 5.69 Å². The van der Waals surface area contributed by atoms with Crippen LogP contribution in [0.4, 0.5) is 11.4 Å². The van der Waals surface area contributed by atoms with Crippen molar-refractivity contribution >= 4 is 27.6 Å². The predicted molar refractivity (Wildman–Crippen MR) is 71.4 cm³/mol. The molecule has 0 aliphatic rings. The number of hydrazone groups is 1. The molecule has 19 heavy (non-hydrogen) atoms. The van der Waals surface area contributed by atoms with Gasteiger partial charge in [0.2, 0.25) is 10.0 Å². The third kappa shape index (κ3) is 4.30. The fourth-order valence-electron chi connectivity index (χ4n) is 1.19. The lowest BCUT2D eigenvalue weighted by Crippen LogP contribution is -2.12. The highest BCUT2D eigenvalue weighted by Gasteiger charge is 2.18. The van der Waals surface area contributed by atoms with Crippen LogP contribution in [-0.2, 0) is 10.0 Å². The Morgan fingerprint density at radius 1 is 1.47 bits per heavy atom. The van der Waals surface area contributed by atoms with Crippen molar-refractivity contribution in [1.82, 2.24) is 0 Å². The Morgan fingerprint density at radius 3 is 2.58 bits per heavy atom. The van der Waals surface area contributed by atoms with Gasteiger partial charge >= 0.3 is 0 Å². The maximum atomic E-state index is 11.1. The number of rotatable bonds is 5. The minimum absolute atomic E-state index is 0.0919. The highest BCUT2D eigenvalue weighted by molar-refractivity contribution is 7.89. The fourth-order valence-corrected chi connectivity index (χ4v) is 1.72. The van der Waals surface area contributed by atoms with Gasteiger partial charge in [-0.05, 0) is 18.1 Å². The van der Waals surface area contributed by atoms with Gasteiger partial charge in [0, 0.05) is 12.3 Å². The number of anilines is 1. The van der Waals surface area contributed by atoms with Crippen LogP contribution in [0.15, 0.2) is 28.2 Å². The van der Waals surface area contributed by atoms with E-state index in [0.717, 1.165) is 6.07 Å². The molecule has 0 atom stereocenters. The molecular formula is C10H14N4O4S. The summed E-state index contributed by atoms with van der Waals surface area (Å²) < 4.78 is 22.3. The predicted octanol–water partition coefficient (Wildman–Crippen LogP) is 1.30. The number of nitro groups is 1. The number of nitrogens with two attached hydrogens (primary N) is 1. The summed E-state index contributed by atoms with van der Waals surface area (Å²) >= 11 is 0. The number of nitrogens with one attached hydrogen (secondary N) is 1. The van der Waals surface area contributed by atoms with E-state index in [1.54, 1.807) is 6.21 Å². The van der Waals surface area contributed by atoms with Crippen molar-refractivity contribution in [3.05, 3.63) is 28.3 Å². The second-order valence-corrected chi connectivity index (χ2v) is 5.68. The monoisotopic (exact) mass is 286 g/mol. The Morgan fingerprint density at radius 2 is 2.11 bits per heavy atom. The summed E-state index contributed by atoms with van der Waals surface area (Å²) in [5.41, 5.74) is 2.18. The molecule has 0 radical (unpaired) electrons. The second kappa shape index (κ2) is 5.76. The van der Waals surface area contributed by atoms with Gasteiger partial charge in [-0.1, -0.05) is 13.8 Å². The van der Waals surface area contributed by atoms with E-state index in [0.29, 0.717) is 0 Å². The first-order valence-corrected chi connectivity index (χ1v) is 6.87. The van der Waals surface area contributed by atoms with Gasteiger partial charge in [0.15, 0.2) is 0 Å². The van der Waals surface area contributed by atoms with Crippen LogP contribution in [0.5, 0.6) is 0 Å².